The first-order chi connectivity index (χ1) is 9.81. The summed E-state index contributed by atoms with van der Waals surface area (Å²) in [6.07, 6.45) is -1.08. The second kappa shape index (κ2) is 8.12. The predicted octanol–water partition coefficient (Wildman–Crippen LogP) is 1.54. The third-order valence-corrected chi connectivity index (χ3v) is 3.47. The highest BCUT2D eigenvalue weighted by molar-refractivity contribution is 5.66. The molecule has 118 valence electrons. The average molecular weight is 295 g/mol. The predicted molar refractivity (Wildman–Crippen MR) is 81.2 cm³/mol. The van der Waals surface area contributed by atoms with Crippen molar-refractivity contribution < 1.29 is 20.1 Å². The van der Waals surface area contributed by atoms with Crippen LogP contribution in [0.1, 0.15) is 42.6 Å². The van der Waals surface area contributed by atoms with Crippen LogP contribution in [0.15, 0.2) is 18.2 Å². The zero-order chi connectivity index (χ0) is 16.0. The Bertz CT molecular complexity index is 473. The van der Waals surface area contributed by atoms with Gasteiger partial charge in [0.05, 0.1) is 12.2 Å². The standard InChI is InChI=1S/C16H25NO4/c1-10-4-5-13(11(2)8-10)16(21)14(6-7-15(19)20)17-9-12(3)18/h4-5,8,12,14,16-18,21H,6-7,9H2,1-3H3,(H,19,20). The fourth-order valence-corrected chi connectivity index (χ4v) is 2.35. The summed E-state index contributed by atoms with van der Waals surface area (Å²) in [5.74, 6) is -0.897. The molecule has 0 aliphatic carbocycles. The molecule has 5 nitrogen and oxygen atoms in total. The van der Waals surface area contributed by atoms with Crippen molar-refractivity contribution in [3.63, 3.8) is 0 Å². The van der Waals surface area contributed by atoms with Gasteiger partial charge >= 0.3 is 5.97 Å². The lowest BCUT2D eigenvalue weighted by Gasteiger charge is -2.26. The molecule has 0 aliphatic rings. The first-order valence-corrected chi connectivity index (χ1v) is 7.19. The van der Waals surface area contributed by atoms with Crippen LogP contribution in [0.25, 0.3) is 0 Å². The van der Waals surface area contributed by atoms with Crippen LogP contribution in [0.5, 0.6) is 0 Å². The van der Waals surface area contributed by atoms with E-state index >= 15 is 0 Å². The Balaban J connectivity index is 2.86. The van der Waals surface area contributed by atoms with Crippen LogP contribution in [0, 0.1) is 13.8 Å². The molecule has 0 saturated heterocycles. The highest BCUT2D eigenvalue weighted by Crippen LogP contribution is 2.24. The van der Waals surface area contributed by atoms with Gasteiger partial charge in [0, 0.05) is 19.0 Å². The lowest BCUT2D eigenvalue weighted by Crippen LogP contribution is -2.39. The molecule has 3 atom stereocenters. The van der Waals surface area contributed by atoms with Gasteiger partial charge < -0.3 is 20.6 Å². The molecule has 0 bridgehead atoms. The van der Waals surface area contributed by atoms with Crippen molar-refractivity contribution in [2.75, 3.05) is 6.54 Å². The summed E-state index contributed by atoms with van der Waals surface area (Å²) in [4.78, 5) is 10.8. The molecule has 0 amide bonds. The van der Waals surface area contributed by atoms with E-state index in [0.29, 0.717) is 13.0 Å². The Morgan fingerprint density at radius 3 is 2.48 bits per heavy atom. The molecule has 1 aromatic carbocycles. The molecule has 4 N–H and O–H groups in total. The van der Waals surface area contributed by atoms with Gasteiger partial charge in [-0.1, -0.05) is 23.8 Å². The topological polar surface area (TPSA) is 89.8 Å². The summed E-state index contributed by atoms with van der Waals surface area (Å²) < 4.78 is 0. The Labute approximate surface area is 125 Å². The average Bonchev–Trinajstić information content (AvgIpc) is 2.37. The number of nitrogens with one attached hydrogen (secondary N) is 1. The summed E-state index contributed by atoms with van der Waals surface area (Å²) in [6, 6.07) is 5.38. The zero-order valence-corrected chi connectivity index (χ0v) is 12.8. The van der Waals surface area contributed by atoms with Crippen molar-refractivity contribution in [1.82, 2.24) is 5.32 Å². The fourth-order valence-electron chi connectivity index (χ4n) is 2.35. The van der Waals surface area contributed by atoms with Gasteiger partial charge in [-0.15, -0.1) is 0 Å². The Kier molecular flexibility index (Phi) is 6.81. The van der Waals surface area contributed by atoms with Crippen LogP contribution >= 0.6 is 0 Å². The Morgan fingerprint density at radius 1 is 1.29 bits per heavy atom. The molecule has 0 saturated carbocycles. The fraction of sp³-hybridized carbons (Fsp3) is 0.562. The van der Waals surface area contributed by atoms with Crippen LogP contribution < -0.4 is 5.32 Å². The quantitative estimate of drug-likeness (QED) is 0.584. The number of aliphatic hydroxyl groups excluding tert-OH is 2. The van der Waals surface area contributed by atoms with Crippen LogP contribution in [-0.4, -0.2) is 40.0 Å². The molecular weight excluding hydrogens is 270 g/mol. The van der Waals surface area contributed by atoms with Crippen molar-refractivity contribution in [1.29, 1.82) is 0 Å². The van der Waals surface area contributed by atoms with Gasteiger partial charge in [0.1, 0.15) is 0 Å². The lowest BCUT2D eigenvalue weighted by molar-refractivity contribution is -0.137. The van der Waals surface area contributed by atoms with Crippen molar-refractivity contribution in [3.8, 4) is 0 Å². The van der Waals surface area contributed by atoms with Gasteiger partial charge in [-0.3, -0.25) is 4.79 Å². The molecule has 0 heterocycles. The third kappa shape index (κ3) is 5.83. The van der Waals surface area contributed by atoms with Crippen molar-refractivity contribution >= 4 is 5.97 Å². The number of benzene rings is 1. The summed E-state index contributed by atoms with van der Waals surface area (Å²) in [6.45, 7) is 5.86. The molecule has 21 heavy (non-hydrogen) atoms. The number of carboxylic acid groups (broad SMARTS) is 1. The maximum absolute atomic E-state index is 10.8. The molecule has 1 rings (SSSR count). The zero-order valence-electron chi connectivity index (χ0n) is 12.8. The molecule has 0 aromatic heterocycles. The van der Waals surface area contributed by atoms with Gasteiger partial charge in [0.2, 0.25) is 0 Å². The van der Waals surface area contributed by atoms with Crippen molar-refractivity contribution in [2.45, 2.75) is 51.9 Å². The minimum Gasteiger partial charge on any atom is -0.481 e. The largest absolute Gasteiger partial charge is 0.481 e. The van der Waals surface area contributed by atoms with Crippen molar-refractivity contribution in [2.24, 2.45) is 0 Å². The summed E-state index contributed by atoms with van der Waals surface area (Å²) in [5, 5.41) is 31.8. The van der Waals surface area contributed by atoms with E-state index in [0.717, 1.165) is 16.7 Å². The van der Waals surface area contributed by atoms with Gasteiger partial charge in [0.25, 0.3) is 0 Å². The first kappa shape index (κ1) is 17.6. The number of aryl methyl sites for hydroxylation is 2. The second-order valence-corrected chi connectivity index (χ2v) is 5.60. The van der Waals surface area contributed by atoms with Crippen LogP contribution in [0.4, 0.5) is 0 Å². The monoisotopic (exact) mass is 295 g/mol. The number of carbonyl (C=O) groups is 1. The van der Waals surface area contributed by atoms with E-state index in [2.05, 4.69) is 5.32 Å². The number of aliphatic carboxylic acids is 1. The van der Waals surface area contributed by atoms with E-state index in [1.165, 1.54) is 0 Å². The van der Waals surface area contributed by atoms with Gasteiger partial charge in [-0.05, 0) is 38.3 Å². The van der Waals surface area contributed by atoms with E-state index < -0.39 is 24.2 Å². The molecule has 3 unspecified atom stereocenters. The smallest absolute Gasteiger partial charge is 0.303 e. The third-order valence-electron chi connectivity index (χ3n) is 3.47. The van der Waals surface area contributed by atoms with Crippen molar-refractivity contribution in [3.05, 3.63) is 34.9 Å². The summed E-state index contributed by atoms with van der Waals surface area (Å²) in [5.41, 5.74) is 2.87. The first-order valence-electron chi connectivity index (χ1n) is 7.19. The Hall–Kier alpha value is -1.43. The summed E-state index contributed by atoms with van der Waals surface area (Å²) >= 11 is 0. The molecule has 0 fully saturated rings. The normalized spacial score (nSPS) is 15.5. The SMILES string of the molecule is Cc1ccc(C(O)C(CCC(=O)O)NCC(C)O)c(C)c1. The van der Waals surface area contributed by atoms with E-state index in [-0.39, 0.29) is 6.42 Å². The van der Waals surface area contributed by atoms with Gasteiger partial charge in [-0.25, -0.2) is 0 Å². The molecule has 1 aromatic rings. The highest BCUT2D eigenvalue weighted by atomic mass is 16.4. The maximum atomic E-state index is 10.8. The van der Waals surface area contributed by atoms with Gasteiger partial charge in [-0.2, -0.15) is 0 Å². The molecular formula is C16H25NO4. The lowest BCUT2D eigenvalue weighted by atomic mass is 9.94. The number of carboxylic acids is 1. The second-order valence-electron chi connectivity index (χ2n) is 5.60. The van der Waals surface area contributed by atoms with E-state index in [1.807, 2.05) is 32.0 Å². The van der Waals surface area contributed by atoms with Gasteiger partial charge in [0.15, 0.2) is 0 Å². The molecule has 0 spiro atoms. The minimum atomic E-state index is -0.897. The maximum Gasteiger partial charge on any atom is 0.303 e. The number of rotatable bonds is 8. The van der Waals surface area contributed by atoms with E-state index in [9.17, 15) is 15.0 Å². The van der Waals surface area contributed by atoms with E-state index in [4.69, 9.17) is 5.11 Å². The van der Waals surface area contributed by atoms with Crippen LogP contribution in [0.3, 0.4) is 0 Å². The number of hydrogen-bond donors (Lipinski definition) is 4. The molecule has 0 aliphatic heterocycles. The highest BCUT2D eigenvalue weighted by Gasteiger charge is 2.23. The Morgan fingerprint density at radius 2 is 1.95 bits per heavy atom. The summed E-state index contributed by atoms with van der Waals surface area (Å²) in [7, 11) is 0. The number of aliphatic hydroxyl groups is 2. The van der Waals surface area contributed by atoms with Crippen LogP contribution in [0.2, 0.25) is 0 Å². The van der Waals surface area contributed by atoms with Crippen LogP contribution in [-0.2, 0) is 4.79 Å². The minimum absolute atomic E-state index is 0.0283. The number of hydrogen-bond acceptors (Lipinski definition) is 4. The molecule has 0 radical (unpaired) electrons. The van der Waals surface area contributed by atoms with E-state index in [1.54, 1.807) is 6.92 Å². The molecule has 5 heteroatoms.